The van der Waals surface area contributed by atoms with Crippen LogP contribution in [0, 0.1) is 0 Å². The lowest BCUT2D eigenvalue weighted by atomic mass is 10.2. The zero-order valence-corrected chi connectivity index (χ0v) is 15.7. The summed E-state index contributed by atoms with van der Waals surface area (Å²) in [5, 5.41) is 12.3. The first-order chi connectivity index (χ1) is 12.9. The molecule has 1 N–H and O–H groups in total. The number of sulfonamides is 1. The molecule has 0 aliphatic rings. The minimum Gasteiger partial charge on any atom is -0.246 e. The quantitative estimate of drug-likeness (QED) is 0.523. The summed E-state index contributed by atoms with van der Waals surface area (Å²) in [4.78, 5) is 3.88. The van der Waals surface area contributed by atoms with Gasteiger partial charge >= 0.3 is 0 Å². The van der Waals surface area contributed by atoms with Crippen LogP contribution in [0.5, 0.6) is 0 Å². The topological polar surface area (TPSA) is 116 Å². The summed E-state index contributed by atoms with van der Waals surface area (Å²) in [6.07, 6.45) is 1.37. The summed E-state index contributed by atoms with van der Waals surface area (Å²) in [7, 11) is -3.99. The molecule has 138 valence electrons. The molecule has 4 rings (SSSR count). The van der Waals surface area contributed by atoms with Crippen molar-refractivity contribution in [3.63, 3.8) is 0 Å². The van der Waals surface area contributed by atoms with Gasteiger partial charge in [0.1, 0.15) is 16.7 Å². The van der Waals surface area contributed by atoms with Crippen LogP contribution >= 0.6 is 23.2 Å². The third-order valence-corrected chi connectivity index (χ3v) is 5.75. The molecule has 0 saturated carbocycles. The van der Waals surface area contributed by atoms with Crippen LogP contribution in [0.2, 0.25) is 10.0 Å². The normalized spacial score (nSPS) is 11.8. The molecular weight excluding hydrogens is 415 g/mol. The molecule has 2 heterocycles. The van der Waals surface area contributed by atoms with Gasteiger partial charge in [0.2, 0.25) is 0 Å². The number of nitrogens with zero attached hydrogens (tertiary/aromatic N) is 5. The molecule has 27 heavy (non-hydrogen) atoms. The largest absolute Gasteiger partial charge is 0.266 e. The van der Waals surface area contributed by atoms with Crippen molar-refractivity contribution >= 4 is 50.2 Å². The van der Waals surface area contributed by atoms with Crippen molar-refractivity contribution in [2.75, 3.05) is 4.72 Å². The predicted octanol–water partition coefficient (Wildman–Crippen LogP) is 2.97. The fraction of sp³-hybridized carbons (Fsp3) is 0.0667. The Balaban J connectivity index is 1.60. The van der Waals surface area contributed by atoms with E-state index in [0.29, 0.717) is 21.1 Å². The lowest BCUT2D eigenvalue weighted by Gasteiger charge is -2.06. The molecular formula is C15H10Cl2N6O3S. The van der Waals surface area contributed by atoms with Crippen LogP contribution in [-0.2, 0) is 16.6 Å². The number of nitrogens with one attached hydrogen (secondary N) is 1. The maximum Gasteiger partial charge on any atom is 0.266 e. The molecule has 0 aliphatic carbocycles. The van der Waals surface area contributed by atoms with Crippen molar-refractivity contribution in [3.8, 4) is 0 Å². The van der Waals surface area contributed by atoms with Crippen LogP contribution in [0.25, 0.3) is 11.0 Å². The number of anilines is 1. The van der Waals surface area contributed by atoms with Crippen molar-refractivity contribution < 1.29 is 13.0 Å². The van der Waals surface area contributed by atoms with Gasteiger partial charge in [-0.2, -0.15) is 4.98 Å². The van der Waals surface area contributed by atoms with Gasteiger partial charge in [0.05, 0.1) is 6.54 Å². The van der Waals surface area contributed by atoms with E-state index in [-0.39, 0.29) is 22.9 Å². The van der Waals surface area contributed by atoms with Crippen molar-refractivity contribution in [1.82, 2.24) is 25.1 Å². The minimum absolute atomic E-state index is 0.0910. The van der Waals surface area contributed by atoms with Gasteiger partial charge in [-0.05, 0) is 34.6 Å². The summed E-state index contributed by atoms with van der Waals surface area (Å²) in [6.45, 7) is 0.232. The number of hydrogen-bond donors (Lipinski definition) is 1. The number of aromatic nitrogens is 5. The van der Waals surface area contributed by atoms with Crippen LogP contribution in [0.1, 0.15) is 5.56 Å². The van der Waals surface area contributed by atoms with Crippen molar-refractivity contribution in [3.05, 3.63) is 58.3 Å². The summed E-state index contributed by atoms with van der Waals surface area (Å²) in [5.74, 6) is -0.105. The molecule has 0 aliphatic heterocycles. The molecule has 2 aromatic heterocycles. The first-order valence-corrected chi connectivity index (χ1v) is 9.74. The zero-order chi connectivity index (χ0) is 19.0. The van der Waals surface area contributed by atoms with Crippen molar-refractivity contribution in [2.45, 2.75) is 11.4 Å². The lowest BCUT2D eigenvalue weighted by Crippen LogP contribution is -2.15. The van der Waals surface area contributed by atoms with Crippen LogP contribution in [-0.4, -0.2) is 33.5 Å². The monoisotopic (exact) mass is 424 g/mol. The molecule has 0 fully saturated rings. The number of benzene rings is 2. The molecule has 9 nitrogen and oxygen atoms in total. The van der Waals surface area contributed by atoms with E-state index in [9.17, 15) is 8.42 Å². The van der Waals surface area contributed by atoms with Gasteiger partial charge in [0.25, 0.3) is 16.0 Å². The number of rotatable bonds is 5. The molecule has 0 saturated heterocycles. The van der Waals surface area contributed by atoms with E-state index in [1.807, 2.05) is 0 Å². The van der Waals surface area contributed by atoms with Crippen LogP contribution in [0.4, 0.5) is 5.95 Å². The maximum absolute atomic E-state index is 12.6. The van der Waals surface area contributed by atoms with E-state index in [0.717, 1.165) is 0 Å². The minimum atomic E-state index is -3.99. The fourth-order valence-corrected chi connectivity index (χ4v) is 4.05. The van der Waals surface area contributed by atoms with Crippen LogP contribution in [0.15, 0.2) is 52.3 Å². The van der Waals surface area contributed by atoms with E-state index in [1.54, 1.807) is 24.3 Å². The second-order valence-corrected chi connectivity index (χ2v) is 7.92. The molecule has 0 spiro atoms. The molecule has 0 amide bonds. The Bertz CT molecular complexity index is 1220. The Labute approximate surface area is 162 Å². The molecule has 4 aromatic rings. The second-order valence-electron chi connectivity index (χ2n) is 5.46. The summed E-state index contributed by atoms with van der Waals surface area (Å²) in [5.41, 5.74) is 1.09. The van der Waals surface area contributed by atoms with E-state index in [2.05, 4.69) is 29.7 Å². The van der Waals surface area contributed by atoms with Crippen molar-refractivity contribution in [1.29, 1.82) is 0 Å². The molecule has 0 bridgehead atoms. The SMILES string of the molecule is O=S(=O)(Nc1ncn(Cc2c(Cl)cccc2Cl)n1)c1cccc2nonc12. The highest BCUT2D eigenvalue weighted by Crippen LogP contribution is 2.25. The van der Waals surface area contributed by atoms with E-state index in [1.165, 1.54) is 23.1 Å². The van der Waals surface area contributed by atoms with Gasteiger partial charge in [-0.3, -0.25) is 0 Å². The summed E-state index contributed by atoms with van der Waals surface area (Å²) in [6, 6.07) is 9.65. The third kappa shape index (κ3) is 3.46. The van der Waals surface area contributed by atoms with E-state index >= 15 is 0 Å². The zero-order valence-electron chi connectivity index (χ0n) is 13.4. The number of halogens is 2. The van der Waals surface area contributed by atoms with Gasteiger partial charge in [-0.1, -0.05) is 35.3 Å². The Morgan fingerprint density at radius 3 is 2.59 bits per heavy atom. The average Bonchev–Trinajstić information content (AvgIpc) is 3.26. The van der Waals surface area contributed by atoms with Crippen LogP contribution in [0.3, 0.4) is 0 Å². The fourth-order valence-electron chi connectivity index (χ4n) is 2.44. The average molecular weight is 425 g/mol. The van der Waals surface area contributed by atoms with E-state index < -0.39 is 10.0 Å². The highest BCUT2D eigenvalue weighted by Gasteiger charge is 2.22. The third-order valence-electron chi connectivity index (χ3n) is 3.68. The first kappa shape index (κ1) is 17.7. The molecule has 0 atom stereocenters. The van der Waals surface area contributed by atoms with Crippen LogP contribution < -0.4 is 4.72 Å². The number of fused-ring (bicyclic) bond motifs is 1. The highest BCUT2D eigenvalue weighted by atomic mass is 35.5. The Morgan fingerprint density at radius 2 is 1.81 bits per heavy atom. The second kappa shape index (κ2) is 6.80. The Morgan fingerprint density at radius 1 is 1.07 bits per heavy atom. The molecule has 0 unspecified atom stereocenters. The Hall–Kier alpha value is -2.69. The molecule has 0 radical (unpaired) electrons. The van der Waals surface area contributed by atoms with Crippen molar-refractivity contribution in [2.24, 2.45) is 0 Å². The van der Waals surface area contributed by atoms with Gasteiger partial charge in [-0.15, -0.1) is 5.10 Å². The first-order valence-electron chi connectivity index (χ1n) is 7.50. The van der Waals surface area contributed by atoms with E-state index in [4.69, 9.17) is 23.2 Å². The van der Waals surface area contributed by atoms with Gasteiger partial charge < -0.3 is 0 Å². The van der Waals surface area contributed by atoms with Gasteiger partial charge in [-0.25, -0.2) is 22.5 Å². The number of hydrogen-bond acceptors (Lipinski definition) is 7. The lowest BCUT2D eigenvalue weighted by molar-refractivity contribution is 0.315. The molecule has 12 heteroatoms. The highest BCUT2D eigenvalue weighted by molar-refractivity contribution is 7.93. The smallest absolute Gasteiger partial charge is 0.246 e. The predicted molar refractivity (Wildman–Crippen MR) is 98.2 cm³/mol. The summed E-state index contributed by atoms with van der Waals surface area (Å²) >= 11 is 12.3. The Kier molecular flexibility index (Phi) is 4.46. The summed E-state index contributed by atoms with van der Waals surface area (Å²) < 4.78 is 33.6. The maximum atomic E-state index is 12.6. The molecule has 2 aromatic carbocycles. The standard InChI is InChI=1S/C15H10Cl2N6O3S/c16-10-3-1-4-11(17)9(10)7-23-8-18-15(19-23)22-27(24,25)13-6-2-5-12-14(13)21-26-20-12/h1-6,8H,7H2,(H,19,22). The van der Waals surface area contributed by atoms with Gasteiger partial charge in [0.15, 0.2) is 5.52 Å². The van der Waals surface area contributed by atoms with Gasteiger partial charge in [0, 0.05) is 15.6 Å².